The highest BCUT2D eigenvalue weighted by Gasteiger charge is 2.35. The zero-order valence-corrected chi connectivity index (χ0v) is 13.8. The average molecular weight is 341 g/mol. The van der Waals surface area contributed by atoms with Crippen molar-refractivity contribution in [1.29, 1.82) is 0 Å². The molecule has 1 aliphatic rings. The lowest BCUT2D eigenvalue weighted by atomic mass is 9.90. The number of hydrogen-bond donors (Lipinski definition) is 3. The average Bonchev–Trinajstić information content (AvgIpc) is 2.54. The van der Waals surface area contributed by atoms with E-state index in [0.29, 0.717) is 26.1 Å². The van der Waals surface area contributed by atoms with E-state index in [0.717, 1.165) is 5.56 Å². The molecule has 23 heavy (non-hydrogen) atoms. The van der Waals surface area contributed by atoms with Gasteiger partial charge >= 0.3 is 0 Å². The number of sulfonamides is 1. The van der Waals surface area contributed by atoms with E-state index in [1.54, 1.807) is 0 Å². The monoisotopic (exact) mass is 341 g/mol. The molecule has 0 aliphatic carbocycles. The lowest BCUT2D eigenvalue weighted by molar-refractivity contribution is -0.129. The highest BCUT2D eigenvalue weighted by Crippen LogP contribution is 2.17. The molecular formula is C15H23N3O4S. The molecule has 1 fully saturated rings. The SMILES string of the molecule is NC1(C(=O)NCCS(=O)(=O)NCc2ccccc2)CCOCC1. The summed E-state index contributed by atoms with van der Waals surface area (Å²) in [5.41, 5.74) is 5.95. The van der Waals surface area contributed by atoms with E-state index in [1.807, 2.05) is 30.3 Å². The first kappa shape index (κ1) is 17.9. The minimum Gasteiger partial charge on any atom is -0.381 e. The number of benzene rings is 1. The Kier molecular flexibility index (Phi) is 6.11. The van der Waals surface area contributed by atoms with Crippen LogP contribution in [-0.2, 0) is 26.1 Å². The molecule has 7 nitrogen and oxygen atoms in total. The minimum absolute atomic E-state index is 0.0305. The maximum absolute atomic E-state index is 12.1. The molecule has 0 aromatic heterocycles. The van der Waals surface area contributed by atoms with Crippen LogP contribution in [0.25, 0.3) is 0 Å². The van der Waals surface area contributed by atoms with Crippen LogP contribution in [0.1, 0.15) is 18.4 Å². The molecule has 0 radical (unpaired) electrons. The summed E-state index contributed by atoms with van der Waals surface area (Å²) >= 11 is 0. The van der Waals surface area contributed by atoms with Gasteiger partial charge < -0.3 is 15.8 Å². The predicted octanol–water partition coefficient (Wildman–Crippen LogP) is -0.270. The van der Waals surface area contributed by atoms with Gasteiger partial charge in [-0.05, 0) is 18.4 Å². The Morgan fingerprint density at radius 3 is 2.52 bits per heavy atom. The van der Waals surface area contributed by atoms with Crippen molar-refractivity contribution in [3.8, 4) is 0 Å². The Balaban J connectivity index is 1.75. The smallest absolute Gasteiger partial charge is 0.240 e. The van der Waals surface area contributed by atoms with Gasteiger partial charge in [-0.25, -0.2) is 13.1 Å². The molecule has 1 saturated heterocycles. The summed E-state index contributed by atoms with van der Waals surface area (Å²) in [6.45, 7) is 1.15. The summed E-state index contributed by atoms with van der Waals surface area (Å²) in [5, 5.41) is 2.61. The van der Waals surface area contributed by atoms with Crippen molar-refractivity contribution >= 4 is 15.9 Å². The standard InChI is InChI=1S/C15H23N3O4S/c16-15(6-9-22-10-7-15)14(19)17-8-11-23(20,21)18-12-13-4-2-1-3-5-13/h1-5,18H,6-12,16H2,(H,17,19). The fraction of sp³-hybridized carbons (Fsp3) is 0.533. The van der Waals surface area contributed by atoms with Crippen LogP contribution in [0.5, 0.6) is 0 Å². The van der Waals surface area contributed by atoms with Gasteiger partial charge in [0.2, 0.25) is 15.9 Å². The third kappa shape index (κ3) is 5.58. The molecule has 0 bridgehead atoms. The Labute approximate surface area is 136 Å². The third-order valence-corrected chi connectivity index (χ3v) is 5.16. The van der Waals surface area contributed by atoms with Crippen LogP contribution in [-0.4, -0.2) is 45.4 Å². The number of rotatable bonds is 7. The molecule has 0 atom stereocenters. The number of hydrogen-bond acceptors (Lipinski definition) is 5. The minimum atomic E-state index is -3.46. The second-order valence-corrected chi connectivity index (χ2v) is 7.58. The summed E-state index contributed by atoms with van der Waals surface area (Å²) < 4.78 is 31.5. The van der Waals surface area contributed by atoms with E-state index in [-0.39, 0.29) is 24.7 Å². The number of nitrogens with one attached hydrogen (secondary N) is 2. The maximum atomic E-state index is 12.1. The maximum Gasteiger partial charge on any atom is 0.240 e. The largest absolute Gasteiger partial charge is 0.381 e. The third-order valence-electron chi connectivity index (χ3n) is 3.83. The van der Waals surface area contributed by atoms with E-state index >= 15 is 0 Å². The number of carbonyl (C=O) groups excluding carboxylic acids is 1. The van der Waals surface area contributed by atoms with Gasteiger partial charge in [0.1, 0.15) is 0 Å². The second-order valence-electron chi connectivity index (χ2n) is 5.65. The fourth-order valence-corrected chi connectivity index (χ4v) is 3.20. The summed E-state index contributed by atoms with van der Waals surface area (Å²) in [4.78, 5) is 12.1. The normalized spacial score (nSPS) is 17.6. The molecular weight excluding hydrogens is 318 g/mol. The van der Waals surface area contributed by atoms with Crippen molar-refractivity contribution in [3.63, 3.8) is 0 Å². The zero-order valence-electron chi connectivity index (χ0n) is 13.0. The first-order valence-electron chi connectivity index (χ1n) is 7.57. The summed E-state index contributed by atoms with van der Waals surface area (Å²) in [6.07, 6.45) is 0.885. The van der Waals surface area contributed by atoms with Gasteiger partial charge in [0.25, 0.3) is 0 Å². The van der Waals surface area contributed by atoms with Crippen molar-refractivity contribution in [3.05, 3.63) is 35.9 Å². The molecule has 8 heteroatoms. The summed E-state index contributed by atoms with van der Waals surface area (Å²) in [7, 11) is -3.46. The Hall–Kier alpha value is -1.48. The van der Waals surface area contributed by atoms with Crippen LogP contribution >= 0.6 is 0 Å². The number of ether oxygens (including phenoxy) is 1. The van der Waals surface area contributed by atoms with Crippen LogP contribution in [0.3, 0.4) is 0 Å². The fourth-order valence-electron chi connectivity index (χ4n) is 2.30. The Morgan fingerprint density at radius 2 is 1.87 bits per heavy atom. The van der Waals surface area contributed by atoms with Crippen molar-refractivity contribution in [1.82, 2.24) is 10.0 Å². The van der Waals surface area contributed by atoms with Crippen molar-refractivity contribution in [2.24, 2.45) is 5.73 Å². The second kappa shape index (κ2) is 7.87. The molecule has 0 saturated carbocycles. The Morgan fingerprint density at radius 1 is 1.22 bits per heavy atom. The molecule has 1 heterocycles. The predicted molar refractivity (Wildman–Crippen MR) is 87.0 cm³/mol. The van der Waals surface area contributed by atoms with Gasteiger partial charge in [0.05, 0.1) is 11.3 Å². The van der Waals surface area contributed by atoms with Crippen LogP contribution in [0.2, 0.25) is 0 Å². The molecule has 1 aromatic rings. The van der Waals surface area contributed by atoms with Crippen LogP contribution in [0, 0.1) is 0 Å². The van der Waals surface area contributed by atoms with Gasteiger partial charge in [-0.1, -0.05) is 30.3 Å². The van der Waals surface area contributed by atoms with Crippen LogP contribution in [0.15, 0.2) is 30.3 Å². The summed E-state index contributed by atoms with van der Waals surface area (Å²) in [5.74, 6) is -0.503. The van der Waals surface area contributed by atoms with E-state index in [4.69, 9.17) is 10.5 Å². The number of amides is 1. The molecule has 1 aliphatic heterocycles. The highest BCUT2D eigenvalue weighted by atomic mass is 32.2. The molecule has 128 valence electrons. The van der Waals surface area contributed by atoms with E-state index in [2.05, 4.69) is 10.0 Å². The number of nitrogens with two attached hydrogens (primary N) is 1. The van der Waals surface area contributed by atoms with Gasteiger partial charge in [0.15, 0.2) is 0 Å². The quantitative estimate of drug-likeness (QED) is 0.632. The summed E-state index contributed by atoms with van der Waals surface area (Å²) in [6, 6.07) is 9.24. The highest BCUT2D eigenvalue weighted by molar-refractivity contribution is 7.89. The molecule has 1 amide bonds. The van der Waals surface area contributed by atoms with E-state index in [1.165, 1.54) is 0 Å². The number of carbonyl (C=O) groups is 1. The van der Waals surface area contributed by atoms with Crippen LogP contribution < -0.4 is 15.8 Å². The topological polar surface area (TPSA) is 111 Å². The lowest BCUT2D eigenvalue weighted by Crippen LogP contribution is -2.57. The zero-order chi connectivity index (χ0) is 16.8. The van der Waals surface area contributed by atoms with E-state index < -0.39 is 15.6 Å². The van der Waals surface area contributed by atoms with Gasteiger partial charge in [-0.15, -0.1) is 0 Å². The van der Waals surface area contributed by atoms with Gasteiger partial charge in [-0.3, -0.25) is 4.79 Å². The van der Waals surface area contributed by atoms with Crippen molar-refractivity contribution < 1.29 is 17.9 Å². The molecule has 0 unspecified atom stereocenters. The molecule has 4 N–H and O–H groups in total. The lowest BCUT2D eigenvalue weighted by Gasteiger charge is -2.31. The van der Waals surface area contributed by atoms with Crippen molar-refractivity contribution in [2.45, 2.75) is 24.9 Å². The first-order chi connectivity index (χ1) is 10.9. The first-order valence-corrected chi connectivity index (χ1v) is 9.23. The molecule has 2 rings (SSSR count). The van der Waals surface area contributed by atoms with Crippen molar-refractivity contribution in [2.75, 3.05) is 25.5 Å². The molecule has 1 aromatic carbocycles. The van der Waals surface area contributed by atoms with E-state index in [9.17, 15) is 13.2 Å². The van der Waals surface area contributed by atoms with Gasteiger partial charge in [-0.2, -0.15) is 0 Å². The van der Waals surface area contributed by atoms with Gasteiger partial charge in [0, 0.05) is 26.3 Å². The Bertz CT molecular complexity index is 613. The van der Waals surface area contributed by atoms with Crippen LogP contribution in [0.4, 0.5) is 0 Å². The molecule has 0 spiro atoms.